The molecule has 1 aliphatic heterocycles. The molecule has 0 radical (unpaired) electrons. The monoisotopic (exact) mass is 468 g/mol. The van der Waals surface area contributed by atoms with Crippen LogP contribution in [0.5, 0.6) is 11.6 Å². The van der Waals surface area contributed by atoms with Crippen LogP contribution in [0.1, 0.15) is 12.8 Å². The van der Waals surface area contributed by atoms with Gasteiger partial charge in [0.1, 0.15) is 11.6 Å². The summed E-state index contributed by atoms with van der Waals surface area (Å²) >= 11 is 0. The topological polar surface area (TPSA) is 98.4 Å². The zero-order chi connectivity index (χ0) is 24.0. The van der Waals surface area contributed by atoms with Crippen molar-refractivity contribution >= 4 is 23.1 Å². The first-order valence-corrected chi connectivity index (χ1v) is 11.6. The molecule has 0 aliphatic carbocycles. The van der Waals surface area contributed by atoms with Crippen LogP contribution in [0.25, 0.3) is 11.3 Å². The van der Waals surface area contributed by atoms with E-state index in [1.54, 1.807) is 13.3 Å². The van der Waals surface area contributed by atoms with Crippen molar-refractivity contribution in [2.75, 3.05) is 36.2 Å². The average molecular weight is 469 g/mol. The zero-order valence-electron chi connectivity index (χ0n) is 19.6. The number of aromatic nitrogens is 3. The van der Waals surface area contributed by atoms with Gasteiger partial charge in [-0.25, -0.2) is 9.97 Å². The summed E-state index contributed by atoms with van der Waals surface area (Å²) in [5.74, 6) is 2.09. The van der Waals surface area contributed by atoms with Crippen LogP contribution in [0, 0.1) is 0 Å². The van der Waals surface area contributed by atoms with Crippen LogP contribution in [0.15, 0.2) is 79.0 Å². The molecule has 1 atom stereocenters. The van der Waals surface area contributed by atoms with Gasteiger partial charge in [0.2, 0.25) is 11.8 Å². The molecule has 8 nitrogen and oxygen atoms in total. The Hall–Kier alpha value is -4.17. The highest BCUT2D eigenvalue weighted by molar-refractivity contribution is 5.67. The highest BCUT2D eigenvalue weighted by Crippen LogP contribution is 2.30. The molecular weight excluding hydrogens is 440 g/mol. The molecule has 1 aliphatic rings. The highest BCUT2D eigenvalue weighted by atomic mass is 16.5. The maximum Gasteiger partial charge on any atom is 0.222 e. The lowest BCUT2D eigenvalue weighted by molar-refractivity contribution is 0.181. The molecule has 1 fully saturated rings. The predicted molar refractivity (Wildman–Crippen MR) is 138 cm³/mol. The highest BCUT2D eigenvalue weighted by Gasteiger charge is 2.25. The molecule has 1 saturated heterocycles. The molecule has 1 unspecified atom stereocenters. The SMILES string of the molecule is COCC1CCCN1c1ccnc(Oc2ccc(Nc3cc(-c4ccccc4)nc(N)n3)cc2)c1. The van der Waals surface area contributed by atoms with E-state index in [4.69, 9.17) is 15.2 Å². The fourth-order valence-electron chi connectivity index (χ4n) is 4.34. The smallest absolute Gasteiger partial charge is 0.222 e. The number of nitrogens with zero attached hydrogens (tertiary/aromatic N) is 4. The normalized spacial score (nSPS) is 15.2. The van der Waals surface area contributed by atoms with Crippen LogP contribution in [0.4, 0.5) is 23.1 Å². The molecule has 4 aromatic rings. The van der Waals surface area contributed by atoms with Crippen molar-refractivity contribution in [2.45, 2.75) is 18.9 Å². The Bertz CT molecular complexity index is 1270. The number of nitrogens with one attached hydrogen (secondary N) is 1. The van der Waals surface area contributed by atoms with Gasteiger partial charge in [-0.05, 0) is 43.2 Å². The van der Waals surface area contributed by atoms with Crippen LogP contribution in [-0.4, -0.2) is 41.3 Å². The Morgan fingerprint density at radius 3 is 2.66 bits per heavy atom. The van der Waals surface area contributed by atoms with E-state index in [0.29, 0.717) is 23.5 Å². The second kappa shape index (κ2) is 10.4. The lowest BCUT2D eigenvalue weighted by atomic mass is 10.1. The maximum atomic E-state index is 6.03. The zero-order valence-corrected chi connectivity index (χ0v) is 19.6. The van der Waals surface area contributed by atoms with Crippen molar-refractivity contribution in [1.29, 1.82) is 0 Å². The molecule has 0 amide bonds. The van der Waals surface area contributed by atoms with Gasteiger partial charge in [0.05, 0.1) is 18.3 Å². The van der Waals surface area contributed by atoms with Crippen molar-refractivity contribution < 1.29 is 9.47 Å². The number of hydrogen-bond donors (Lipinski definition) is 2. The molecule has 3 N–H and O–H groups in total. The van der Waals surface area contributed by atoms with Crippen molar-refractivity contribution in [3.05, 3.63) is 79.0 Å². The molecule has 5 rings (SSSR count). The van der Waals surface area contributed by atoms with Crippen LogP contribution in [-0.2, 0) is 4.74 Å². The van der Waals surface area contributed by atoms with Gasteiger partial charge in [0.15, 0.2) is 0 Å². The van der Waals surface area contributed by atoms with Crippen LogP contribution < -0.4 is 20.7 Å². The molecule has 0 bridgehead atoms. The van der Waals surface area contributed by atoms with Gasteiger partial charge < -0.3 is 25.4 Å². The fourth-order valence-corrected chi connectivity index (χ4v) is 4.34. The van der Waals surface area contributed by atoms with E-state index in [1.165, 1.54) is 0 Å². The number of rotatable bonds is 8. The van der Waals surface area contributed by atoms with Gasteiger partial charge in [-0.3, -0.25) is 0 Å². The minimum absolute atomic E-state index is 0.213. The number of methoxy groups -OCH3 is 1. The minimum atomic E-state index is 0.213. The fraction of sp³-hybridized carbons (Fsp3) is 0.222. The van der Waals surface area contributed by atoms with E-state index in [0.717, 1.165) is 48.6 Å². The van der Waals surface area contributed by atoms with Crippen molar-refractivity contribution in [1.82, 2.24) is 15.0 Å². The van der Waals surface area contributed by atoms with E-state index in [1.807, 2.05) is 72.8 Å². The number of benzene rings is 2. The van der Waals surface area contributed by atoms with Crippen molar-refractivity contribution in [2.24, 2.45) is 0 Å². The first-order valence-electron chi connectivity index (χ1n) is 11.6. The summed E-state index contributed by atoms with van der Waals surface area (Å²) in [6, 6.07) is 23.8. The van der Waals surface area contributed by atoms with Crippen molar-refractivity contribution in [3.63, 3.8) is 0 Å². The molecule has 35 heavy (non-hydrogen) atoms. The first-order chi connectivity index (χ1) is 17.2. The van der Waals surface area contributed by atoms with E-state index in [2.05, 4.69) is 25.2 Å². The average Bonchev–Trinajstić information content (AvgIpc) is 3.34. The van der Waals surface area contributed by atoms with E-state index >= 15 is 0 Å². The Morgan fingerprint density at radius 2 is 1.86 bits per heavy atom. The van der Waals surface area contributed by atoms with Gasteiger partial charge >= 0.3 is 0 Å². The summed E-state index contributed by atoms with van der Waals surface area (Å²) < 4.78 is 11.4. The molecule has 8 heteroatoms. The Balaban J connectivity index is 1.27. The summed E-state index contributed by atoms with van der Waals surface area (Å²) in [5.41, 5.74) is 9.64. The second-order valence-corrected chi connectivity index (χ2v) is 8.41. The maximum absolute atomic E-state index is 6.03. The summed E-state index contributed by atoms with van der Waals surface area (Å²) in [6.07, 6.45) is 4.07. The van der Waals surface area contributed by atoms with Gasteiger partial charge in [0, 0.05) is 48.9 Å². The minimum Gasteiger partial charge on any atom is -0.439 e. The molecule has 0 spiro atoms. The van der Waals surface area contributed by atoms with Crippen LogP contribution in [0.2, 0.25) is 0 Å². The molecule has 2 aromatic heterocycles. The lowest BCUT2D eigenvalue weighted by Gasteiger charge is -2.26. The summed E-state index contributed by atoms with van der Waals surface area (Å²) in [7, 11) is 1.75. The molecule has 0 saturated carbocycles. The molecular formula is C27H28N6O2. The third-order valence-electron chi connectivity index (χ3n) is 5.95. The summed E-state index contributed by atoms with van der Waals surface area (Å²) in [4.78, 5) is 15.4. The van der Waals surface area contributed by atoms with Gasteiger partial charge in [0.25, 0.3) is 0 Å². The quantitative estimate of drug-likeness (QED) is 0.361. The number of ether oxygens (including phenoxy) is 2. The van der Waals surface area contributed by atoms with Gasteiger partial charge in [-0.1, -0.05) is 30.3 Å². The number of nitrogens with two attached hydrogens (primary N) is 1. The molecule has 2 aromatic carbocycles. The second-order valence-electron chi connectivity index (χ2n) is 8.41. The predicted octanol–water partition coefficient (Wildman–Crippen LogP) is 5.27. The van der Waals surface area contributed by atoms with E-state index in [9.17, 15) is 0 Å². The third kappa shape index (κ3) is 5.50. The Labute approximate surface area is 204 Å². The first kappa shape index (κ1) is 22.6. The third-order valence-corrected chi connectivity index (χ3v) is 5.95. The Morgan fingerprint density at radius 1 is 1.03 bits per heavy atom. The van der Waals surface area contributed by atoms with Gasteiger partial charge in [-0.15, -0.1) is 0 Å². The number of hydrogen-bond acceptors (Lipinski definition) is 8. The standard InChI is InChI=1S/C27H28N6O2/c1-34-18-22-8-5-15-33(22)21-13-14-29-26(16-21)35-23-11-9-20(10-12-23)30-25-17-24(31-27(28)32-25)19-6-3-2-4-7-19/h2-4,6-7,9-14,16-17,22H,5,8,15,18H2,1H3,(H3,28,30,31,32). The number of anilines is 4. The largest absolute Gasteiger partial charge is 0.439 e. The molecule has 178 valence electrons. The molecule has 3 heterocycles. The van der Waals surface area contributed by atoms with Crippen LogP contribution >= 0.6 is 0 Å². The summed E-state index contributed by atoms with van der Waals surface area (Å²) in [6.45, 7) is 1.73. The van der Waals surface area contributed by atoms with E-state index in [-0.39, 0.29) is 5.95 Å². The summed E-state index contributed by atoms with van der Waals surface area (Å²) in [5, 5.41) is 3.29. The Kier molecular flexibility index (Phi) is 6.72. The number of nitrogen functional groups attached to an aromatic ring is 1. The van der Waals surface area contributed by atoms with E-state index < -0.39 is 0 Å². The van der Waals surface area contributed by atoms with Crippen molar-refractivity contribution in [3.8, 4) is 22.9 Å². The van der Waals surface area contributed by atoms with Gasteiger partial charge in [-0.2, -0.15) is 4.98 Å². The van der Waals surface area contributed by atoms with Crippen LogP contribution in [0.3, 0.4) is 0 Å². The lowest BCUT2D eigenvalue weighted by Crippen LogP contribution is -2.32. The number of pyridine rings is 1.